The van der Waals surface area contributed by atoms with Crippen molar-refractivity contribution in [3.05, 3.63) is 46.8 Å². The number of ketones is 1. The molecule has 0 saturated heterocycles. The molecule has 0 unspecified atom stereocenters. The molecule has 2 N–H and O–H groups in total. The van der Waals surface area contributed by atoms with E-state index < -0.39 is 28.5 Å². The van der Waals surface area contributed by atoms with E-state index >= 15 is 0 Å². The van der Waals surface area contributed by atoms with Gasteiger partial charge >= 0.3 is 5.97 Å². The molecule has 1 amide bonds. The third-order valence-electron chi connectivity index (χ3n) is 6.24. The van der Waals surface area contributed by atoms with Gasteiger partial charge in [0, 0.05) is 24.3 Å². The van der Waals surface area contributed by atoms with Gasteiger partial charge in [-0.25, -0.2) is 13.2 Å². The van der Waals surface area contributed by atoms with Crippen molar-refractivity contribution in [2.45, 2.75) is 63.8 Å². The number of aryl methyl sites for hydroxylation is 1. The van der Waals surface area contributed by atoms with Crippen molar-refractivity contribution in [3.8, 4) is 0 Å². The number of ether oxygens (including phenoxy) is 1. The fourth-order valence-corrected chi connectivity index (χ4v) is 6.02. The topological polar surface area (TPSA) is 126 Å². The summed E-state index contributed by atoms with van der Waals surface area (Å²) in [6.07, 6.45) is 4.70. The molecular weight excluding hydrogens is 458 g/mol. The summed E-state index contributed by atoms with van der Waals surface area (Å²) in [5.74, 6) is -1.63. The maximum absolute atomic E-state index is 13.3. The molecule has 9 nitrogen and oxygen atoms in total. The van der Waals surface area contributed by atoms with Gasteiger partial charge in [-0.3, -0.25) is 9.59 Å². The first-order valence-corrected chi connectivity index (χ1v) is 12.7. The molecule has 1 fully saturated rings. The molecule has 34 heavy (non-hydrogen) atoms. The van der Waals surface area contributed by atoms with Crippen LogP contribution in [-0.2, 0) is 19.6 Å². The minimum Gasteiger partial charge on any atom is -0.451 e. The average molecular weight is 490 g/mol. The number of nitrogens with zero attached hydrogens (tertiary/aromatic N) is 1. The lowest BCUT2D eigenvalue weighted by Gasteiger charge is -2.30. The highest BCUT2D eigenvalue weighted by Gasteiger charge is 2.31. The molecule has 1 aromatic carbocycles. The van der Waals surface area contributed by atoms with Gasteiger partial charge in [-0.05, 0) is 51.3 Å². The number of aromatic amines is 1. The Bertz CT molecular complexity index is 1200. The number of carbonyl (C=O) groups is 3. The first-order valence-electron chi connectivity index (χ1n) is 11.3. The zero-order valence-electron chi connectivity index (χ0n) is 19.9. The molecule has 0 radical (unpaired) electrons. The number of para-hydroxylation sites is 1. The van der Waals surface area contributed by atoms with Crippen LogP contribution in [0.4, 0.5) is 5.69 Å². The maximum Gasteiger partial charge on any atom is 0.355 e. The summed E-state index contributed by atoms with van der Waals surface area (Å²) in [7, 11) is -2.26. The molecule has 1 saturated carbocycles. The largest absolute Gasteiger partial charge is 0.451 e. The van der Waals surface area contributed by atoms with E-state index in [2.05, 4.69) is 10.3 Å². The lowest BCUT2D eigenvalue weighted by molar-refractivity contribution is -0.119. The Balaban J connectivity index is 1.70. The van der Waals surface area contributed by atoms with Gasteiger partial charge in [-0.15, -0.1) is 0 Å². The van der Waals surface area contributed by atoms with Crippen LogP contribution in [0.5, 0.6) is 0 Å². The molecule has 0 spiro atoms. The van der Waals surface area contributed by atoms with E-state index in [0.717, 1.165) is 32.1 Å². The van der Waals surface area contributed by atoms with Crippen molar-refractivity contribution in [2.24, 2.45) is 0 Å². The van der Waals surface area contributed by atoms with E-state index in [-0.39, 0.29) is 28.1 Å². The van der Waals surface area contributed by atoms with Gasteiger partial charge < -0.3 is 15.0 Å². The quantitative estimate of drug-likeness (QED) is 0.431. The first-order chi connectivity index (χ1) is 16.0. The molecule has 0 aliphatic heterocycles. The summed E-state index contributed by atoms with van der Waals surface area (Å²) < 4.78 is 33.0. The zero-order chi connectivity index (χ0) is 25.0. The number of esters is 1. The smallest absolute Gasteiger partial charge is 0.355 e. The summed E-state index contributed by atoms with van der Waals surface area (Å²) >= 11 is 0. The summed E-state index contributed by atoms with van der Waals surface area (Å²) in [6, 6.07) is 6.09. The number of aromatic nitrogens is 1. The number of sulfonamides is 1. The first kappa shape index (κ1) is 25.6. The molecule has 2 aromatic rings. The second-order valence-electron chi connectivity index (χ2n) is 8.61. The number of benzene rings is 1. The van der Waals surface area contributed by atoms with Crippen LogP contribution in [0.1, 0.15) is 71.1 Å². The summed E-state index contributed by atoms with van der Waals surface area (Å²) in [5.41, 5.74) is 1.64. The second-order valence-corrected chi connectivity index (χ2v) is 10.6. The molecule has 1 heterocycles. The van der Waals surface area contributed by atoms with Crippen LogP contribution in [0.2, 0.25) is 0 Å². The SMILES string of the molecule is CC(=O)c1c(C)[nH]c(C(=O)OCC(=O)Nc2ccccc2S(=O)(=O)N(C)C2CCCCC2)c1C. The van der Waals surface area contributed by atoms with Crippen molar-refractivity contribution < 1.29 is 27.5 Å². The van der Waals surface area contributed by atoms with Gasteiger partial charge in [0.2, 0.25) is 10.0 Å². The Labute approximate surface area is 199 Å². The molecule has 1 aromatic heterocycles. The van der Waals surface area contributed by atoms with E-state index in [1.54, 1.807) is 33.0 Å². The molecule has 0 bridgehead atoms. The van der Waals surface area contributed by atoms with E-state index in [4.69, 9.17) is 4.74 Å². The monoisotopic (exact) mass is 489 g/mol. The lowest BCUT2D eigenvalue weighted by Crippen LogP contribution is -2.38. The molecule has 184 valence electrons. The minimum atomic E-state index is -3.83. The van der Waals surface area contributed by atoms with Crippen LogP contribution in [0.25, 0.3) is 0 Å². The number of amides is 1. The van der Waals surface area contributed by atoms with Crippen molar-refractivity contribution in [2.75, 3.05) is 19.0 Å². The molecule has 3 rings (SSSR count). The minimum absolute atomic E-state index is 0.00955. The van der Waals surface area contributed by atoms with Gasteiger partial charge in [-0.1, -0.05) is 31.4 Å². The van der Waals surface area contributed by atoms with Crippen LogP contribution in [0.15, 0.2) is 29.2 Å². The van der Waals surface area contributed by atoms with Gasteiger partial charge in [0.25, 0.3) is 5.91 Å². The number of hydrogen-bond acceptors (Lipinski definition) is 6. The Morgan fingerprint density at radius 2 is 1.76 bits per heavy atom. The van der Waals surface area contributed by atoms with E-state index in [0.29, 0.717) is 16.8 Å². The van der Waals surface area contributed by atoms with E-state index in [1.165, 1.54) is 23.4 Å². The van der Waals surface area contributed by atoms with E-state index in [9.17, 15) is 22.8 Å². The van der Waals surface area contributed by atoms with E-state index in [1.807, 2.05) is 0 Å². The van der Waals surface area contributed by atoms with Crippen LogP contribution in [-0.4, -0.2) is 55.1 Å². The summed E-state index contributed by atoms with van der Waals surface area (Å²) in [6.45, 7) is 4.09. The highest BCUT2D eigenvalue weighted by atomic mass is 32.2. The summed E-state index contributed by atoms with van der Waals surface area (Å²) in [5, 5.41) is 2.54. The number of nitrogens with one attached hydrogen (secondary N) is 2. The Morgan fingerprint density at radius 3 is 2.38 bits per heavy atom. The van der Waals surface area contributed by atoms with Crippen molar-refractivity contribution in [1.29, 1.82) is 0 Å². The van der Waals surface area contributed by atoms with Crippen LogP contribution < -0.4 is 5.32 Å². The number of carbonyl (C=O) groups excluding carboxylic acids is 3. The van der Waals surface area contributed by atoms with Crippen molar-refractivity contribution >= 4 is 33.4 Å². The molecule has 1 aliphatic rings. The molecule has 0 atom stereocenters. The van der Waals surface area contributed by atoms with Crippen LogP contribution in [0.3, 0.4) is 0 Å². The Kier molecular flexibility index (Phi) is 7.93. The Morgan fingerprint density at radius 1 is 1.12 bits per heavy atom. The van der Waals surface area contributed by atoms with Gasteiger partial charge in [0.1, 0.15) is 10.6 Å². The molecular formula is C24H31N3O6S. The average Bonchev–Trinajstić information content (AvgIpc) is 3.11. The van der Waals surface area contributed by atoms with Crippen molar-refractivity contribution in [1.82, 2.24) is 9.29 Å². The lowest BCUT2D eigenvalue weighted by atomic mass is 9.96. The van der Waals surface area contributed by atoms with Crippen LogP contribution >= 0.6 is 0 Å². The molecule has 1 aliphatic carbocycles. The number of Topliss-reactive ketones (excluding diaryl/α,β-unsaturated/α-hetero) is 1. The summed E-state index contributed by atoms with van der Waals surface area (Å²) in [4.78, 5) is 39.5. The zero-order valence-corrected chi connectivity index (χ0v) is 20.8. The molecule has 10 heteroatoms. The normalized spacial score (nSPS) is 14.7. The second kappa shape index (κ2) is 10.5. The maximum atomic E-state index is 13.3. The van der Waals surface area contributed by atoms with Gasteiger partial charge in [0.15, 0.2) is 12.4 Å². The highest BCUT2D eigenvalue weighted by Crippen LogP contribution is 2.29. The third-order valence-corrected chi connectivity index (χ3v) is 8.20. The number of hydrogen-bond donors (Lipinski definition) is 2. The van der Waals surface area contributed by atoms with Crippen molar-refractivity contribution in [3.63, 3.8) is 0 Å². The fourth-order valence-electron chi connectivity index (χ4n) is 4.46. The standard InChI is InChI=1S/C24H31N3O6S/c1-15-22(17(3)28)16(2)25-23(15)24(30)33-14-21(29)26-19-12-8-9-13-20(19)34(31,32)27(4)18-10-6-5-7-11-18/h8-9,12-13,18,25H,5-7,10-11,14H2,1-4H3,(H,26,29). The highest BCUT2D eigenvalue weighted by molar-refractivity contribution is 7.89. The fraction of sp³-hybridized carbons (Fsp3) is 0.458. The van der Waals surface area contributed by atoms with Gasteiger partial charge in [0.05, 0.1) is 5.69 Å². The van der Waals surface area contributed by atoms with Crippen LogP contribution in [0, 0.1) is 13.8 Å². The predicted octanol–water partition coefficient (Wildman–Crippen LogP) is 3.58. The third kappa shape index (κ3) is 5.39. The number of anilines is 1. The number of H-pyrrole nitrogens is 1. The number of rotatable bonds is 8. The Hall–Kier alpha value is -2.98. The van der Waals surface area contributed by atoms with Gasteiger partial charge in [-0.2, -0.15) is 4.31 Å². The predicted molar refractivity (Wildman–Crippen MR) is 127 cm³/mol.